The van der Waals surface area contributed by atoms with Crippen molar-refractivity contribution < 1.29 is 19.2 Å². The highest BCUT2D eigenvalue weighted by molar-refractivity contribution is 7.13. The van der Waals surface area contributed by atoms with Crippen LogP contribution in [0.5, 0.6) is 0 Å². The van der Waals surface area contributed by atoms with E-state index in [9.17, 15) is 9.59 Å². The van der Waals surface area contributed by atoms with Crippen molar-refractivity contribution in [1.82, 2.24) is 10.5 Å². The fourth-order valence-corrected chi connectivity index (χ4v) is 2.52. The Morgan fingerprint density at radius 1 is 1.52 bits per heavy atom. The predicted molar refractivity (Wildman–Crippen MR) is 78.2 cm³/mol. The zero-order valence-corrected chi connectivity index (χ0v) is 12.4. The first-order chi connectivity index (χ1) is 10.1. The Morgan fingerprint density at radius 3 is 3.00 bits per heavy atom. The third kappa shape index (κ3) is 4.42. The number of hydrogen-bond acceptors (Lipinski definition) is 5. The summed E-state index contributed by atoms with van der Waals surface area (Å²) in [5.41, 5.74) is 0.225. The van der Waals surface area contributed by atoms with E-state index in [1.54, 1.807) is 6.07 Å². The molecule has 6 nitrogen and oxygen atoms in total. The van der Waals surface area contributed by atoms with Gasteiger partial charge in [0.1, 0.15) is 0 Å². The van der Waals surface area contributed by atoms with Crippen molar-refractivity contribution in [2.24, 2.45) is 0 Å². The smallest absolute Gasteiger partial charge is 0.303 e. The first-order valence-corrected chi connectivity index (χ1v) is 7.47. The standard InChI is InChI=1S/C14H16N2O4S/c1-9(4-2-6-13(17)18)15-14(19)10-8-11(20-16-10)12-5-3-7-21-12/h3,5,7-9H,2,4,6H2,1H3,(H,15,19)(H,17,18). The number of carboxylic acids is 1. The lowest BCUT2D eigenvalue weighted by molar-refractivity contribution is -0.137. The summed E-state index contributed by atoms with van der Waals surface area (Å²) < 4.78 is 5.15. The van der Waals surface area contributed by atoms with E-state index in [4.69, 9.17) is 9.63 Å². The molecule has 1 unspecified atom stereocenters. The molecule has 0 saturated carbocycles. The number of hydrogen-bond donors (Lipinski definition) is 2. The highest BCUT2D eigenvalue weighted by atomic mass is 32.1. The zero-order chi connectivity index (χ0) is 15.2. The number of nitrogens with zero attached hydrogens (tertiary/aromatic N) is 1. The number of carbonyl (C=O) groups excluding carboxylic acids is 1. The topological polar surface area (TPSA) is 92.4 Å². The Labute approximate surface area is 125 Å². The van der Waals surface area contributed by atoms with Crippen LogP contribution in [0, 0.1) is 0 Å². The molecule has 0 aliphatic heterocycles. The van der Waals surface area contributed by atoms with Gasteiger partial charge in [0.05, 0.1) is 4.88 Å². The Kier molecular flexibility index (Phi) is 5.10. The molecule has 21 heavy (non-hydrogen) atoms. The predicted octanol–water partition coefficient (Wildman–Crippen LogP) is 2.78. The molecule has 0 aromatic carbocycles. The lowest BCUT2D eigenvalue weighted by Crippen LogP contribution is -2.32. The van der Waals surface area contributed by atoms with Gasteiger partial charge in [0.25, 0.3) is 5.91 Å². The number of rotatable bonds is 7. The maximum absolute atomic E-state index is 12.0. The van der Waals surface area contributed by atoms with Crippen molar-refractivity contribution in [3.8, 4) is 10.6 Å². The lowest BCUT2D eigenvalue weighted by Gasteiger charge is -2.11. The second-order valence-corrected chi connectivity index (χ2v) is 5.66. The van der Waals surface area contributed by atoms with Crippen LogP contribution in [0.2, 0.25) is 0 Å². The van der Waals surface area contributed by atoms with Crippen LogP contribution < -0.4 is 5.32 Å². The number of thiophene rings is 1. The van der Waals surface area contributed by atoms with Crippen LogP contribution in [-0.4, -0.2) is 28.2 Å². The molecule has 0 spiro atoms. The zero-order valence-electron chi connectivity index (χ0n) is 11.5. The van der Waals surface area contributed by atoms with Crippen LogP contribution in [0.15, 0.2) is 28.1 Å². The highest BCUT2D eigenvalue weighted by Gasteiger charge is 2.16. The molecule has 2 aromatic heterocycles. The van der Waals surface area contributed by atoms with E-state index < -0.39 is 5.97 Å². The van der Waals surface area contributed by atoms with Gasteiger partial charge >= 0.3 is 5.97 Å². The number of aliphatic carboxylic acids is 1. The van der Waals surface area contributed by atoms with Gasteiger partial charge < -0.3 is 14.9 Å². The summed E-state index contributed by atoms with van der Waals surface area (Å²) in [5, 5.41) is 17.0. The van der Waals surface area contributed by atoms with Crippen molar-refractivity contribution in [2.45, 2.75) is 32.2 Å². The molecule has 0 aliphatic carbocycles. The summed E-state index contributed by atoms with van der Waals surface area (Å²) in [5.74, 6) is -0.580. The molecule has 0 saturated heterocycles. The van der Waals surface area contributed by atoms with E-state index >= 15 is 0 Å². The van der Waals surface area contributed by atoms with Gasteiger partial charge in [0, 0.05) is 18.5 Å². The average molecular weight is 308 g/mol. The number of aromatic nitrogens is 1. The van der Waals surface area contributed by atoms with E-state index in [0.717, 1.165) is 4.88 Å². The molecule has 0 fully saturated rings. The average Bonchev–Trinajstić information content (AvgIpc) is 3.09. The number of carboxylic acid groups (broad SMARTS) is 1. The Balaban J connectivity index is 1.87. The van der Waals surface area contributed by atoms with Gasteiger partial charge in [0.15, 0.2) is 11.5 Å². The Bertz CT molecular complexity index is 606. The van der Waals surface area contributed by atoms with Gasteiger partial charge in [-0.05, 0) is 31.2 Å². The lowest BCUT2D eigenvalue weighted by atomic mass is 10.1. The van der Waals surface area contributed by atoms with E-state index in [1.165, 1.54) is 11.3 Å². The van der Waals surface area contributed by atoms with E-state index in [-0.39, 0.29) is 24.1 Å². The Hall–Kier alpha value is -2.15. The van der Waals surface area contributed by atoms with Crippen molar-refractivity contribution in [1.29, 1.82) is 0 Å². The van der Waals surface area contributed by atoms with Gasteiger partial charge in [-0.3, -0.25) is 9.59 Å². The summed E-state index contributed by atoms with van der Waals surface area (Å²) in [4.78, 5) is 23.3. The van der Waals surface area contributed by atoms with Crippen LogP contribution in [0.25, 0.3) is 10.6 Å². The van der Waals surface area contributed by atoms with Crippen molar-refractivity contribution >= 4 is 23.2 Å². The second kappa shape index (κ2) is 7.03. The molecule has 1 amide bonds. The van der Waals surface area contributed by atoms with Crippen LogP contribution >= 0.6 is 11.3 Å². The summed E-state index contributed by atoms with van der Waals surface area (Å²) in [7, 11) is 0. The monoisotopic (exact) mass is 308 g/mol. The minimum Gasteiger partial charge on any atom is -0.481 e. The number of carbonyl (C=O) groups is 2. The second-order valence-electron chi connectivity index (χ2n) is 4.71. The van der Waals surface area contributed by atoms with Crippen LogP contribution in [0.3, 0.4) is 0 Å². The van der Waals surface area contributed by atoms with Gasteiger partial charge in [-0.25, -0.2) is 0 Å². The maximum Gasteiger partial charge on any atom is 0.303 e. The molecule has 2 rings (SSSR count). The van der Waals surface area contributed by atoms with E-state index in [0.29, 0.717) is 18.6 Å². The molecule has 2 heterocycles. The van der Waals surface area contributed by atoms with Gasteiger partial charge in [-0.15, -0.1) is 11.3 Å². The molecule has 2 aromatic rings. The van der Waals surface area contributed by atoms with Crippen LogP contribution in [0.1, 0.15) is 36.7 Å². The molecule has 0 aliphatic rings. The van der Waals surface area contributed by atoms with E-state index in [1.807, 2.05) is 24.4 Å². The molecule has 2 N–H and O–H groups in total. The molecule has 7 heteroatoms. The molecule has 112 valence electrons. The van der Waals surface area contributed by atoms with Gasteiger partial charge in [-0.2, -0.15) is 0 Å². The SMILES string of the molecule is CC(CCCC(=O)O)NC(=O)c1cc(-c2cccs2)on1. The third-order valence-electron chi connectivity index (χ3n) is 2.91. The normalized spacial score (nSPS) is 12.0. The maximum atomic E-state index is 12.0. The minimum atomic E-state index is -0.828. The van der Waals surface area contributed by atoms with E-state index in [2.05, 4.69) is 10.5 Å². The fourth-order valence-electron chi connectivity index (χ4n) is 1.85. The van der Waals surface area contributed by atoms with Crippen molar-refractivity contribution in [3.63, 3.8) is 0 Å². The van der Waals surface area contributed by atoms with Crippen LogP contribution in [-0.2, 0) is 4.79 Å². The van der Waals surface area contributed by atoms with Crippen molar-refractivity contribution in [2.75, 3.05) is 0 Å². The fraction of sp³-hybridized carbons (Fsp3) is 0.357. The summed E-state index contributed by atoms with van der Waals surface area (Å²) in [6, 6.07) is 5.28. The third-order valence-corrected chi connectivity index (χ3v) is 3.80. The number of nitrogens with one attached hydrogen (secondary N) is 1. The first-order valence-electron chi connectivity index (χ1n) is 6.59. The minimum absolute atomic E-state index is 0.104. The molecular formula is C14H16N2O4S. The van der Waals surface area contributed by atoms with Crippen LogP contribution in [0.4, 0.5) is 0 Å². The number of amides is 1. The van der Waals surface area contributed by atoms with Crippen molar-refractivity contribution in [3.05, 3.63) is 29.3 Å². The highest BCUT2D eigenvalue weighted by Crippen LogP contribution is 2.25. The Morgan fingerprint density at radius 2 is 2.33 bits per heavy atom. The molecule has 1 atom stereocenters. The summed E-state index contributed by atoms with van der Waals surface area (Å²) in [6.07, 6.45) is 1.23. The summed E-state index contributed by atoms with van der Waals surface area (Å²) >= 11 is 1.51. The largest absolute Gasteiger partial charge is 0.481 e. The molecule has 0 radical (unpaired) electrons. The summed E-state index contributed by atoms with van der Waals surface area (Å²) in [6.45, 7) is 1.83. The first kappa shape index (κ1) is 15.2. The molecule has 0 bridgehead atoms. The van der Waals surface area contributed by atoms with Gasteiger partial charge in [0.2, 0.25) is 0 Å². The molecular weight excluding hydrogens is 292 g/mol. The van der Waals surface area contributed by atoms with Gasteiger partial charge in [-0.1, -0.05) is 11.2 Å². The quantitative estimate of drug-likeness (QED) is 0.820.